The fourth-order valence-electron chi connectivity index (χ4n) is 1.87. The second-order valence-electron chi connectivity index (χ2n) is 4.04. The summed E-state index contributed by atoms with van der Waals surface area (Å²) in [6, 6.07) is 11.4. The van der Waals surface area contributed by atoms with Crippen molar-refractivity contribution < 1.29 is 4.92 Å². The second kappa shape index (κ2) is 4.44. The van der Waals surface area contributed by atoms with Crippen LogP contribution in [-0.4, -0.2) is 19.5 Å². The van der Waals surface area contributed by atoms with Crippen molar-refractivity contribution in [2.45, 2.75) is 0 Å². The predicted molar refractivity (Wildman–Crippen MR) is 69.8 cm³/mol. The highest BCUT2D eigenvalue weighted by atomic mass is 16.6. The largest absolute Gasteiger partial charge is 0.270 e. The number of aromatic nitrogens is 3. The van der Waals surface area contributed by atoms with Crippen molar-refractivity contribution in [3.63, 3.8) is 0 Å². The van der Waals surface area contributed by atoms with E-state index in [-0.39, 0.29) is 5.69 Å². The van der Waals surface area contributed by atoms with E-state index in [1.807, 2.05) is 6.07 Å². The van der Waals surface area contributed by atoms with Crippen LogP contribution in [0.5, 0.6) is 0 Å². The molecule has 0 radical (unpaired) electrons. The summed E-state index contributed by atoms with van der Waals surface area (Å²) in [7, 11) is 0. The van der Waals surface area contributed by atoms with E-state index >= 15 is 0 Å². The van der Waals surface area contributed by atoms with Crippen LogP contribution in [0.25, 0.3) is 17.0 Å². The molecule has 0 unspecified atom stereocenters. The smallest absolute Gasteiger partial charge is 0.258 e. The van der Waals surface area contributed by atoms with E-state index in [0.717, 1.165) is 0 Å². The highest BCUT2D eigenvalue weighted by Crippen LogP contribution is 2.22. The molecule has 3 rings (SSSR count). The number of nitro groups is 1. The van der Waals surface area contributed by atoms with E-state index in [9.17, 15) is 10.1 Å². The highest BCUT2D eigenvalue weighted by Gasteiger charge is 2.12. The standard InChI is InChI=1S/C13H7N5O2/c14-8-10-4-2-6-17-13(10)15-12(16-17)9-3-1-5-11(7-9)18(19)20/h1-7H. The van der Waals surface area contributed by atoms with Crippen molar-refractivity contribution in [2.24, 2.45) is 0 Å². The van der Waals surface area contributed by atoms with E-state index < -0.39 is 4.92 Å². The molecule has 0 saturated heterocycles. The number of fused-ring (bicyclic) bond motifs is 1. The van der Waals surface area contributed by atoms with Gasteiger partial charge in [-0.1, -0.05) is 12.1 Å². The molecule has 0 saturated carbocycles. The zero-order valence-electron chi connectivity index (χ0n) is 10.1. The topological polar surface area (TPSA) is 97.1 Å². The summed E-state index contributed by atoms with van der Waals surface area (Å²) in [5.74, 6) is 0.344. The van der Waals surface area contributed by atoms with Crippen molar-refractivity contribution in [3.05, 3.63) is 58.3 Å². The Hall–Kier alpha value is -3.27. The lowest BCUT2D eigenvalue weighted by Crippen LogP contribution is -1.89. The van der Waals surface area contributed by atoms with Crippen LogP contribution < -0.4 is 0 Å². The van der Waals surface area contributed by atoms with Crippen LogP contribution in [-0.2, 0) is 0 Å². The first-order chi connectivity index (χ1) is 9.69. The lowest BCUT2D eigenvalue weighted by atomic mass is 10.2. The van der Waals surface area contributed by atoms with Gasteiger partial charge in [0.15, 0.2) is 11.5 Å². The summed E-state index contributed by atoms with van der Waals surface area (Å²) in [6.45, 7) is 0. The van der Waals surface area contributed by atoms with Crippen molar-refractivity contribution in [1.29, 1.82) is 5.26 Å². The summed E-state index contributed by atoms with van der Waals surface area (Å²) in [4.78, 5) is 14.6. The molecule has 3 aromatic rings. The molecule has 0 amide bonds. The molecule has 0 fully saturated rings. The molecule has 0 N–H and O–H groups in total. The Balaban J connectivity index is 2.18. The van der Waals surface area contributed by atoms with Gasteiger partial charge in [0, 0.05) is 23.9 Å². The van der Waals surface area contributed by atoms with Crippen LogP contribution in [0.3, 0.4) is 0 Å². The predicted octanol–water partition coefficient (Wildman–Crippen LogP) is 2.18. The van der Waals surface area contributed by atoms with Gasteiger partial charge in [-0.25, -0.2) is 9.50 Å². The van der Waals surface area contributed by atoms with Crippen LogP contribution in [0.4, 0.5) is 5.69 Å². The number of rotatable bonds is 2. The molecule has 0 aliphatic rings. The minimum atomic E-state index is -0.472. The van der Waals surface area contributed by atoms with E-state index in [2.05, 4.69) is 10.1 Å². The number of benzene rings is 1. The highest BCUT2D eigenvalue weighted by molar-refractivity contribution is 5.64. The molecule has 0 spiro atoms. The van der Waals surface area contributed by atoms with Crippen molar-refractivity contribution in [1.82, 2.24) is 14.6 Å². The monoisotopic (exact) mass is 265 g/mol. The third-order valence-electron chi connectivity index (χ3n) is 2.80. The Morgan fingerprint density at radius 3 is 2.90 bits per heavy atom. The molecule has 0 aliphatic carbocycles. The second-order valence-corrected chi connectivity index (χ2v) is 4.04. The number of non-ortho nitro benzene ring substituents is 1. The summed E-state index contributed by atoms with van der Waals surface area (Å²) in [6.07, 6.45) is 1.67. The quantitative estimate of drug-likeness (QED) is 0.522. The number of pyridine rings is 1. The SMILES string of the molecule is N#Cc1cccn2nc(-c3cccc([N+](=O)[O-])c3)nc12. The molecular formula is C13H7N5O2. The Morgan fingerprint density at radius 2 is 2.15 bits per heavy atom. The Morgan fingerprint density at radius 1 is 1.30 bits per heavy atom. The van der Waals surface area contributed by atoms with Gasteiger partial charge in [-0.2, -0.15) is 5.26 Å². The summed E-state index contributed by atoms with van der Waals surface area (Å²) in [5.41, 5.74) is 1.34. The number of hydrogen-bond acceptors (Lipinski definition) is 5. The number of nitro benzene ring substituents is 1. The molecule has 2 aromatic heterocycles. The van der Waals surface area contributed by atoms with Gasteiger partial charge in [0.05, 0.1) is 10.5 Å². The minimum Gasteiger partial charge on any atom is -0.258 e. The normalized spacial score (nSPS) is 10.3. The molecule has 0 aliphatic heterocycles. The summed E-state index contributed by atoms with van der Waals surface area (Å²) >= 11 is 0. The minimum absolute atomic E-state index is 0.0261. The molecule has 0 bridgehead atoms. The first-order valence-electron chi connectivity index (χ1n) is 5.69. The number of nitrogens with zero attached hydrogens (tertiary/aromatic N) is 5. The van der Waals surface area contributed by atoms with E-state index in [1.165, 1.54) is 16.6 Å². The van der Waals surface area contributed by atoms with Gasteiger partial charge in [0.1, 0.15) is 6.07 Å². The Labute approximate surface area is 112 Å². The molecular weight excluding hydrogens is 258 g/mol. The zero-order chi connectivity index (χ0) is 14.1. The molecule has 1 aromatic carbocycles. The summed E-state index contributed by atoms with van der Waals surface area (Å²) < 4.78 is 1.48. The maximum Gasteiger partial charge on any atom is 0.270 e. The lowest BCUT2D eigenvalue weighted by molar-refractivity contribution is -0.384. The third kappa shape index (κ3) is 1.85. The zero-order valence-corrected chi connectivity index (χ0v) is 10.1. The van der Waals surface area contributed by atoms with Crippen molar-refractivity contribution >= 4 is 11.3 Å². The van der Waals surface area contributed by atoms with E-state index in [4.69, 9.17) is 5.26 Å². The van der Waals surface area contributed by atoms with E-state index in [0.29, 0.717) is 22.6 Å². The lowest BCUT2D eigenvalue weighted by Gasteiger charge is -1.94. The first kappa shape index (κ1) is 11.8. The molecule has 0 atom stereocenters. The fourth-order valence-corrected chi connectivity index (χ4v) is 1.87. The maximum absolute atomic E-state index is 10.8. The van der Waals surface area contributed by atoms with Crippen LogP contribution in [0.2, 0.25) is 0 Å². The number of hydrogen-bond donors (Lipinski definition) is 0. The van der Waals surface area contributed by atoms with Crippen LogP contribution in [0.15, 0.2) is 42.6 Å². The first-order valence-corrected chi connectivity index (χ1v) is 5.69. The third-order valence-corrected chi connectivity index (χ3v) is 2.80. The molecule has 7 heteroatoms. The van der Waals surface area contributed by atoms with Gasteiger partial charge in [0.2, 0.25) is 0 Å². The summed E-state index contributed by atoms with van der Waals surface area (Å²) in [5, 5.41) is 24.0. The van der Waals surface area contributed by atoms with Gasteiger partial charge in [0.25, 0.3) is 5.69 Å². The van der Waals surface area contributed by atoms with Crippen molar-refractivity contribution in [3.8, 4) is 17.5 Å². The van der Waals surface area contributed by atoms with Gasteiger partial charge < -0.3 is 0 Å². The van der Waals surface area contributed by atoms with Gasteiger partial charge in [-0.15, -0.1) is 5.10 Å². The molecule has 2 heterocycles. The maximum atomic E-state index is 10.8. The van der Waals surface area contributed by atoms with Gasteiger partial charge >= 0.3 is 0 Å². The van der Waals surface area contributed by atoms with Crippen LogP contribution in [0.1, 0.15) is 5.56 Å². The molecule has 7 nitrogen and oxygen atoms in total. The van der Waals surface area contributed by atoms with Crippen molar-refractivity contribution in [2.75, 3.05) is 0 Å². The Bertz CT molecular complexity index is 863. The average Bonchev–Trinajstić information content (AvgIpc) is 2.91. The van der Waals surface area contributed by atoms with Gasteiger partial charge in [-0.05, 0) is 12.1 Å². The van der Waals surface area contributed by atoms with Crippen LogP contribution >= 0.6 is 0 Å². The fraction of sp³-hybridized carbons (Fsp3) is 0. The molecule has 96 valence electrons. The van der Waals surface area contributed by atoms with Crippen LogP contribution in [0, 0.1) is 21.4 Å². The molecule has 20 heavy (non-hydrogen) atoms. The number of nitriles is 1. The Kier molecular flexibility index (Phi) is 2.62. The average molecular weight is 265 g/mol. The van der Waals surface area contributed by atoms with E-state index in [1.54, 1.807) is 30.5 Å². The van der Waals surface area contributed by atoms with Gasteiger partial charge in [-0.3, -0.25) is 10.1 Å².